The van der Waals surface area contributed by atoms with Crippen molar-refractivity contribution in [2.45, 2.75) is 37.1 Å². The molecule has 0 saturated carbocycles. The maximum absolute atomic E-state index is 13.4. The van der Waals surface area contributed by atoms with Crippen molar-refractivity contribution in [2.24, 2.45) is 5.92 Å². The second-order valence-corrected chi connectivity index (χ2v) is 9.89. The Bertz CT molecular complexity index is 1150. The normalized spacial score (nSPS) is 16.4. The van der Waals surface area contributed by atoms with Crippen LogP contribution in [0.2, 0.25) is 0 Å². The molecule has 1 fully saturated rings. The van der Waals surface area contributed by atoms with E-state index in [9.17, 15) is 13.2 Å². The van der Waals surface area contributed by atoms with Crippen LogP contribution in [0.25, 0.3) is 10.9 Å². The molecular formula is C24H27N3O3S. The molecule has 2 aromatic carbocycles. The average molecular weight is 438 g/mol. The first kappa shape index (κ1) is 21.5. The molecule has 0 radical (unpaired) electrons. The molecule has 1 amide bonds. The Morgan fingerprint density at radius 2 is 1.77 bits per heavy atom. The van der Waals surface area contributed by atoms with Gasteiger partial charge in [0.15, 0.2) is 0 Å². The number of rotatable bonds is 6. The minimum absolute atomic E-state index is 0.0868. The summed E-state index contributed by atoms with van der Waals surface area (Å²) in [5, 5.41) is 0.737. The summed E-state index contributed by atoms with van der Waals surface area (Å²) >= 11 is 0. The smallest absolute Gasteiger partial charge is 0.243 e. The van der Waals surface area contributed by atoms with Gasteiger partial charge in [-0.05, 0) is 42.9 Å². The largest absolute Gasteiger partial charge is 0.341 e. The summed E-state index contributed by atoms with van der Waals surface area (Å²) in [6.07, 6.45) is 3.74. The molecule has 7 heteroatoms. The Morgan fingerprint density at radius 1 is 1.06 bits per heavy atom. The predicted octanol–water partition coefficient (Wildman–Crippen LogP) is 3.38. The van der Waals surface area contributed by atoms with Gasteiger partial charge in [-0.2, -0.15) is 4.72 Å². The van der Waals surface area contributed by atoms with Crippen LogP contribution < -0.4 is 4.72 Å². The molecule has 0 spiro atoms. The van der Waals surface area contributed by atoms with E-state index in [4.69, 9.17) is 0 Å². The van der Waals surface area contributed by atoms with Gasteiger partial charge in [-0.3, -0.25) is 9.78 Å². The maximum Gasteiger partial charge on any atom is 0.243 e. The van der Waals surface area contributed by atoms with Crippen molar-refractivity contribution >= 4 is 26.8 Å². The predicted molar refractivity (Wildman–Crippen MR) is 121 cm³/mol. The number of benzene rings is 2. The SMILES string of the molecule is CC1CCN(C(=O)C(Cc2ccccc2)NS(=O)(=O)c2cccc3cccnc23)CC1. The molecule has 3 aromatic rings. The standard InChI is InChI=1S/C24H27N3O3S/c1-18-12-15-27(16-13-18)24(28)21(17-19-7-3-2-4-8-19)26-31(29,30)22-11-5-9-20-10-6-14-25-23(20)22/h2-11,14,18,21,26H,12-13,15-17H2,1H3. The molecule has 0 bridgehead atoms. The van der Waals surface area contributed by atoms with Crippen LogP contribution in [0, 0.1) is 5.92 Å². The molecule has 6 nitrogen and oxygen atoms in total. The summed E-state index contributed by atoms with van der Waals surface area (Å²) in [6, 6.07) is 17.3. The second-order valence-electron chi connectivity index (χ2n) is 8.20. The topological polar surface area (TPSA) is 79.4 Å². The van der Waals surface area contributed by atoms with E-state index in [2.05, 4.69) is 16.6 Å². The molecule has 1 saturated heterocycles. The number of nitrogens with zero attached hydrogens (tertiary/aromatic N) is 2. The number of piperidine rings is 1. The lowest BCUT2D eigenvalue weighted by Gasteiger charge is -2.33. The van der Waals surface area contributed by atoms with Crippen molar-refractivity contribution in [3.05, 3.63) is 72.4 Å². The van der Waals surface area contributed by atoms with Gasteiger partial charge in [0.25, 0.3) is 0 Å². The Kier molecular flexibility index (Phi) is 6.34. The fourth-order valence-corrected chi connectivity index (χ4v) is 5.39. The number of carbonyl (C=O) groups excluding carboxylic acids is 1. The molecule has 31 heavy (non-hydrogen) atoms. The number of hydrogen-bond donors (Lipinski definition) is 1. The van der Waals surface area contributed by atoms with E-state index in [-0.39, 0.29) is 10.8 Å². The molecular weight excluding hydrogens is 410 g/mol. The summed E-state index contributed by atoms with van der Waals surface area (Å²) in [7, 11) is -3.96. The number of aromatic nitrogens is 1. The Balaban J connectivity index is 1.65. The van der Waals surface area contributed by atoms with Crippen molar-refractivity contribution in [3.63, 3.8) is 0 Å². The highest BCUT2D eigenvalue weighted by atomic mass is 32.2. The number of likely N-dealkylation sites (tertiary alicyclic amines) is 1. The number of sulfonamides is 1. The van der Waals surface area contributed by atoms with Gasteiger partial charge in [0, 0.05) is 24.7 Å². The quantitative estimate of drug-likeness (QED) is 0.641. The molecule has 1 unspecified atom stereocenters. The number of hydrogen-bond acceptors (Lipinski definition) is 4. The van der Waals surface area contributed by atoms with Crippen molar-refractivity contribution in [1.29, 1.82) is 0 Å². The first-order valence-corrected chi connectivity index (χ1v) is 12.1. The zero-order valence-electron chi connectivity index (χ0n) is 17.6. The van der Waals surface area contributed by atoms with E-state index in [1.807, 2.05) is 42.5 Å². The zero-order chi connectivity index (χ0) is 21.8. The van der Waals surface area contributed by atoms with Crippen LogP contribution in [0.5, 0.6) is 0 Å². The number of para-hydroxylation sites is 1. The molecule has 2 heterocycles. The Hall–Kier alpha value is -2.77. The van der Waals surface area contributed by atoms with E-state index in [1.165, 1.54) is 6.07 Å². The van der Waals surface area contributed by atoms with Gasteiger partial charge in [-0.15, -0.1) is 0 Å². The highest BCUT2D eigenvalue weighted by Crippen LogP contribution is 2.22. The minimum atomic E-state index is -3.96. The van der Waals surface area contributed by atoms with Gasteiger partial charge < -0.3 is 4.90 Å². The van der Waals surface area contributed by atoms with Crippen LogP contribution in [-0.2, 0) is 21.2 Å². The monoisotopic (exact) mass is 437 g/mol. The summed E-state index contributed by atoms with van der Waals surface area (Å²) in [5.74, 6) is 0.405. The van der Waals surface area contributed by atoms with Crippen molar-refractivity contribution < 1.29 is 13.2 Å². The third kappa shape index (κ3) is 4.94. The van der Waals surface area contributed by atoms with E-state index in [0.29, 0.717) is 30.9 Å². The fourth-order valence-electron chi connectivity index (χ4n) is 4.02. The molecule has 162 valence electrons. The van der Waals surface area contributed by atoms with Crippen LogP contribution in [0.3, 0.4) is 0 Å². The van der Waals surface area contributed by atoms with E-state index in [0.717, 1.165) is 23.8 Å². The maximum atomic E-state index is 13.4. The van der Waals surface area contributed by atoms with Crippen molar-refractivity contribution in [1.82, 2.24) is 14.6 Å². The summed E-state index contributed by atoms with van der Waals surface area (Å²) in [4.78, 5) is 19.5. The molecule has 1 aliphatic rings. The Morgan fingerprint density at radius 3 is 2.52 bits per heavy atom. The first-order chi connectivity index (χ1) is 14.9. The van der Waals surface area contributed by atoms with E-state index < -0.39 is 16.1 Å². The minimum Gasteiger partial charge on any atom is -0.341 e. The number of pyridine rings is 1. The lowest BCUT2D eigenvalue weighted by atomic mass is 9.98. The summed E-state index contributed by atoms with van der Waals surface area (Å²) in [6.45, 7) is 3.49. The van der Waals surface area contributed by atoms with Crippen molar-refractivity contribution in [3.8, 4) is 0 Å². The third-order valence-corrected chi connectivity index (χ3v) is 7.36. The van der Waals surface area contributed by atoms with Crippen LogP contribution in [0.1, 0.15) is 25.3 Å². The first-order valence-electron chi connectivity index (χ1n) is 10.6. The highest BCUT2D eigenvalue weighted by molar-refractivity contribution is 7.89. The molecule has 1 N–H and O–H groups in total. The number of fused-ring (bicyclic) bond motifs is 1. The Labute approximate surface area is 183 Å². The number of nitrogens with one attached hydrogen (secondary N) is 1. The van der Waals surface area contributed by atoms with Gasteiger partial charge in [-0.25, -0.2) is 8.42 Å². The number of amides is 1. The van der Waals surface area contributed by atoms with Crippen LogP contribution in [0.15, 0.2) is 71.8 Å². The second kappa shape index (κ2) is 9.16. The molecule has 1 aromatic heterocycles. The van der Waals surface area contributed by atoms with E-state index >= 15 is 0 Å². The van der Waals surface area contributed by atoms with Crippen LogP contribution in [-0.4, -0.2) is 43.3 Å². The lowest BCUT2D eigenvalue weighted by molar-refractivity contribution is -0.134. The molecule has 1 aliphatic heterocycles. The summed E-state index contributed by atoms with van der Waals surface area (Å²) in [5.41, 5.74) is 1.31. The molecule has 0 aliphatic carbocycles. The van der Waals surface area contributed by atoms with Gasteiger partial charge in [-0.1, -0.05) is 55.5 Å². The zero-order valence-corrected chi connectivity index (χ0v) is 18.4. The van der Waals surface area contributed by atoms with E-state index in [1.54, 1.807) is 23.2 Å². The van der Waals surface area contributed by atoms with Gasteiger partial charge in [0.2, 0.25) is 15.9 Å². The third-order valence-electron chi connectivity index (χ3n) is 5.86. The van der Waals surface area contributed by atoms with Gasteiger partial charge in [0.05, 0.1) is 5.52 Å². The molecule has 1 atom stereocenters. The van der Waals surface area contributed by atoms with Gasteiger partial charge in [0.1, 0.15) is 10.9 Å². The van der Waals surface area contributed by atoms with Crippen LogP contribution in [0.4, 0.5) is 0 Å². The summed E-state index contributed by atoms with van der Waals surface area (Å²) < 4.78 is 29.4. The van der Waals surface area contributed by atoms with Gasteiger partial charge >= 0.3 is 0 Å². The lowest BCUT2D eigenvalue weighted by Crippen LogP contribution is -2.51. The van der Waals surface area contributed by atoms with Crippen LogP contribution >= 0.6 is 0 Å². The highest BCUT2D eigenvalue weighted by Gasteiger charge is 2.32. The average Bonchev–Trinajstić information content (AvgIpc) is 2.79. The molecule has 4 rings (SSSR count). The number of carbonyl (C=O) groups is 1. The van der Waals surface area contributed by atoms with Crippen molar-refractivity contribution in [2.75, 3.05) is 13.1 Å². The fraction of sp³-hybridized carbons (Fsp3) is 0.333.